The molecule has 2 aliphatic rings. The molecule has 0 bridgehead atoms. The summed E-state index contributed by atoms with van der Waals surface area (Å²) in [7, 11) is -17.3. The SMILES string of the molecule is Cc1ccc(C(c2ccccc2)c2ccccc2)cc1.Cc1ccc(OS(=O)(=O)C(=N)OS(=O)(=O)c2ccc(C)cc2)cc1.[N-]=[N+]=C(S(=O)(=O)C1CCCCC1)S(=O)(=O)C1CCCCC1. The van der Waals surface area contributed by atoms with Crippen LogP contribution in [0.15, 0.2) is 138 Å². The predicted molar refractivity (Wildman–Crippen MR) is 253 cm³/mol. The molecular formula is C48H55N3O10S4. The number of sulfone groups is 2. The predicted octanol–water partition coefficient (Wildman–Crippen LogP) is 9.59. The highest BCUT2D eigenvalue weighted by atomic mass is 32.3. The van der Waals surface area contributed by atoms with E-state index in [2.05, 4.69) is 105 Å². The van der Waals surface area contributed by atoms with Gasteiger partial charge in [0, 0.05) is 5.92 Å². The van der Waals surface area contributed by atoms with Crippen molar-refractivity contribution in [2.75, 3.05) is 0 Å². The Hall–Kier alpha value is -5.45. The van der Waals surface area contributed by atoms with E-state index >= 15 is 0 Å². The van der Waals surface area contributed by atoms with Gasteiger partial charge < -0.3 is 13.9 Å². The lowest BCUT2D eigenvalue weighted by Crippen LogP contribution is -2.40. The van der Waals surface area contributed by atoms with E-state index in [1.807, 2.05) is 0 Å². The van der Waals surface area contributed by atoms with Crippen molar-refractivity contribution < 1.29 is 46.8 Å². The Kier molecular flexibility index (Phi) is 17.6. The Morgan fingerprint density at radius 2 is 0.908 bits per heavy atom. The summed E-state index contributed by atoms with van der Waals surface area (Å²) in [5, 5.41) is 4.45. The van der Waals surface area contributed by atoms with E-state index in [1.165, 1.54) is 58.7 Å². The second kappa shape index (κ2) is 22.6. The first-order valence-electron chi connectivity index (χ1n) is 21.3. The first kappa shape index (κ1) is 50.5. The fraction of sp³-hybridized carbons (Fsp3) is 0.333. The summed E-state index contributed by atoms with van der Waals surface area (Å²) in [5.41, 5.74) is 16.1. The smallest absolute Gasteiger partial charge is 0.376 e. The Bertz CT molecular complexity index is 2770. The number of benzene rings is 5. The summed E-state index contributed by atoms with van der Waals surface area (Å²) in [6.07, 6.45) is 6.79. The van der Waals surface area contributed by atoms with E-state index in [0.717, 1.165) is 49.7 Å². The molecule has 0 aliphatic heterocycles. The number of hydrogen-bond acceptors (Lipinski definition) is 11. The molecule has 5 aromatic rings. The molecule has 0 spiro atoms. The topological polar surface area (TPSA) is 215 Å². The first-order valence-corrected chi connectivity index (χ1v) is 27.2. The zero-order chi connectivity index (χ0) is 47.3. The molecular weight excluding hydrogens is 907 g/mol. The molecule has 0 amide bonds. The van der Waals surface area contributed by atoms with Crippen molar-refractivity contribution in [3.63, 3.8) is 0 Å². The third-order valence-corrected chi connectivity index (χ3v) is 18.7. The van der Waals surface area contributed by atoms with Gasteiger partial charge in [0.2, 0.25) is 0 Å². The summed E-state index contributed by atoms with van der Waals surface area (Å²) in [4.78, 5) is 2.46. The number of aryl methyl sites for hydroxylation is 3. The van der Waals surface area contributed by atoms with Crippen molar-refractivity contribution >= 4 is 49.5 Å². The second-order valence-electron chi connectivity index (χ2n) is 16.1. The molecule has 7 rings (SSSR count). The van der Waals surface area contributed by atoms with Crippen molar-refractivity contribution in [2.24, 2.45) is 0 Å². The number of rotatable bonds is 9. The molecule has 2 aliphatic carbocycles. The lowest BCUT2D eigenvalue weighted by Gasteiger charge is -2.22. The lowest BCUT2D eigenvalue weighted by atomic mass is 9.85. The molecule has 1 N–H and O–H groups in total. The van der Waals surface area contributed by atoms with Crippen LogP contribution < -0.4 is 4.18 Å². The van der Waals surface area contributed by atoms with Gasteiger partial charge in [0.05, 0.1) is 10.5 Å². The van der Waals surface area contributed by atoms with E-state index in [4.69, 9.17) is 10.9 Å². The van der Waals surface area contributed by atoms with Crippen LogP contribution in [0.4, 0.5) is 0 Å². The maximum absolute atomic E-state index is 12.5. The summed E-state index contributed by atoms with van der Waals surface area (Å²) >= 11 is 0. The standard InChI is InChI=1S/C20H18.C15H15NO6S2.C13H22N2O4S2/c1-16-12-14-19(15-13-16)20(17-8-4-2-5-9-17)18-10-6-3-7-11-18;1-11-3-7-13(8-4-11)21-24(19,20)15(16)22-23(17,18)14-9-5-12(2)6-10-14;14-15-13(20(16,17)11-7-3-1-4-8-11)21(18,19)12-9-5-2-6-10-12/h2-15,20H,1H3;3-10,16H,1-2H3;11-12H,1-10H2. The van der Waals surface area contributed by atoms with Gasteiger partial charge in [0.1, 0.15) is 10.6 Å². The Morgan fingerprint density at radius 1 is 0.538 bits per heavy atom. The van der Waals surface area contributed by atoms with Crippen molar-refractivity contribution in [3.05, 3.63) is 172 Å². The van der Waals surface area contributed by atoms with Crippen molar-refractivity contribution in [1.82, 2.24) is 0 Å². The Morgan fingerprint density at radius 3 is 1.31 bits per heavy atom. The summed E-state index contributed by atoms with van der Waals surface area (Å²) < 4.78 is 106. The van der Waals surface area contributed by atoms with Crippen LogP contribution >= 0.6 is 0 Å². The molecule has 65 heavy (non-hydrogen) atoms. The van der Waals surface area contributed by atoms with E-state index in [9.17, 15) is 33.7 Å². The van der Waals surface area contributed by atoms with Crippen LogP contribution in [0, 0.1) is 26.2 Å². The molecule has 0 atom stereocenters. The normalized spacial score (nSPS) is 15.0. The average Bonchev–Trinajstić information content (AvgIpc) is 3.30. The highest BCUT2D eigenvalue weighted by Crippen LogP contribution is 2.32. The average molecular weight is 962 g/mol. The van der Waals surface area contributed by atoms with Crippen LogP contribution in [-0.4, -0.2) is 58.6 Å². The van der Waals surface area contributed by atoms with Crippen molar-refractivity contribution in [2.45, 2.75) is 106 Å². The van der Waals surface area contributed by atoms with Crippen LogP contribution in [0.1, 0.15) is 104 Å². The molecule has 5 aromatic carbocycles. The summed E-state index contributed by atoms with van der Waals surface area (Å²) in [6, 6.07) is 41.8. The molecule has 0 saturated heterocycles. The highest BCUT2D eigenvalue weighted by Gasteiger charge is 2.50. The Balaban J connectivity index is 0.000000184. The fourth-order valence-corrected chi connectivity index (χ4v) is 14.2. The largest absolute Gasteiger partial charge is 0.495 e. The Labute approximate surface area is 384 Å². The minimum Gasteiger partial charge on any atom is -0.376 e. The van der Waals surface area contributed by atoms with Gasteiger partial charge in [-0.3, -0.25) is 5.41 Å². The van der Waals surface area contributed by atoms with Crippen molar-refractivity contribution in [1.29, 1.82) is 5.41 Å². The first-order chi connectivity index (χ1) is 30.8. The van der Waals surface area contributed by atoms with Crippen LogP contribution in [-0.2, 0) is 44.1 Å². The van der Waals surface area contributed by atoms with Gasteiger partial charge in [0.15, 0.2) is 0 Å². The zero-order valence-corrected chi connectivity index (χ0v) is 39.9. The number of hydrogen-bond donors (Lipinski definition) is 1. The van der Waals surface area contributed by atoms with Gasteiger partial charge >= 0.3 is 29.8 Å². The zero-order valence-electron chi connectivity index (χ0n) is 36.6. The molecule has 13 nitrogen and oxygen atoms in total. The third kappa shape index (κ3) is 13.8. The van der Waals surface area contributed by atoms with Crippen LogP contribution in [0.3, 0.4) is 0 Å². The van der Waals surface area contributed by atoms with E-state index in [-0.39, 0.29) is 10.6 Å². The molecule has 0 aromatic heterocycles. The van der Waals surface area contributed by atoms with Gasteiger partial charge in [0.25, 0.3) is 19.7 Å². The minimum absolute atomic E-state index is 0.0540. The highest BCUT2D eigenvalue weighted by molar-refractivity contribution is 8.31. The minimum atomic E-state index is -4.69. The third-order valence-electron chi connectivity index (χ3n) is 11.2. The summed E-state index contributed by atoms with van der Waals surface area (Å²) in [5.74, 6) is 0.250. The number of nitrogens with one attached hydrogen (secondary N) is 1. The van der Waals surface area contributed by atoms with Crippen LogP contribution in [0.5, 0.6) is 5.75 Å². The second-order valence-corrected chi connectivity index (χ2v) is 23.7. The molecule has 0 heterocycles. The molecule has 2 fully saturated rings. The molecule has 0 radical (unpaired) electrons. The quantitative estimate of drug-likeness (QED) is 0.0369. The van der Waals surface area contributed by atoms with Crippen LogP contribution in [0.25, 0.3) is 5.53 Å². The molecule has 2 saturated carbocycles. The van der Waals surface area contributed by atoms with Crippen molar-refractivity contribution in [3.8, 4) is 5.75 Å². The molecule has 346 valence electrons. The molecule has 0 unspecified atom stereocenters. The van der Waals surface area contributed by atoms with E-state index < -0.39 is 60.0 Å². The van der Waals surface area contributed by atoms with E-state index in [1.54, 1.807) is 26.0 Å². The monoisotopic (exact) mass is 961 g/mol. The van der Waals surface area contributed by atoms with E-state index in [0.29, 0.717) is 31.6 Å². The maximum Gasteiger partial charge on any atom is 0.495 e. The van der Waals surface area contributed by atoms with Gasteiger partial charge in [-0.2, -0.15) is 16.8 Å². The molecule has 17 heteroatoms. The fourth-order valence-electron chi connectivity index (χ4n) is 7.59. The van der Waals surface area contributed by atoms with Gasteiger partial charge in [-0.25, -0.2) is 16.8 Å². The van der Waals surface area contributed by atoms with Crippen LogP contribution in [0.2, 0.25) is 0 Å². The van der Waals surface area contributed by atoms with Gasteiger partial charge in [-0.15, -0.1) is 4.79 Å². The number of nitrogens with zero attached hydrogens (tertiary/aromatic N) is 2. The van der Waals surface area contributed by atoms with Gasteiger partial charge in [-0.05, 0) is 87.4 Å². The summed E-state index contributed by atoms with van der Waals surface area (Å²) in [6.45, 7) is 5.70. The van der Waals surface area contributed by atoms with Gasteiger partial charge in [-0.1, -0.05) is 164 Å². The lowest BCUT2D eigenvalue weighted by molar-refractivity contribution is 0.00359. The maximum atomic E-state index is 12.5.